The molecule has 0 aliphatic carbocycles. The minimum absolute atomic E-state index is 0.0230. The van der Waals surface area contributed by atoms with Crippen molar-refractivity contribution in [3.05, 3.63) is 54.2 Å². The Morgan fingerprint density at radius 3 is 2.56 bits per heavy atom. The van der Waals surface area contributed by atoms with Crippen molar-refractivity contribution in [3.8, 4) is 11.4 Å². The number of ketones is 1. The Kier molecular flexibility index (Phi) is 2.41. The Morgan fingerprint density at radius 2 is 1.83 bits per heavy atom. The second-order valence-electron chi connectivity index (χ2n) is 4.04. The zero-order valence-electron chi connectivity index (χ0n) is 9.87. The average molecular weight is 237 g/mol. The maximum absolute atomic E-state index is 11.5. The number of carbonyl (C=O) groups excluding carboxylic acids is 1. The van der Waals surface area contributed by atoms with Gasteiger partial charge in [0.2, 0.25) is 0 Å². The van der Waals surface area contributed by atoms with E-state index in [-0.39, 0.29) is 5.78 Å². The van der Waals surface area contributed by atoms with E-state index in [2.05, 4.69) is 10.1 Å². The van der Waals surface area contributed by atoms with Gasteiger partial charge in [0.25, 0.3) is 0 Å². The highest BCUT2D eigenvalue weighted by atomic mass is 16.1. The first-order valence-corrected chi connectivity index (χ1v) is 5.68. The number of hydrogen-bond donors (Lipinski definition) is 0. The Morgan fingerprint density at radius 1 is 1.06 bits per heavy atom. The molecule has 3 aromatic rings. The molecule has 0 spiro atoms. The van der Waals surface area contributed by atoms with Crippen LogP contribution in [-0.2, 0) is 0 Å². The lowest BCUT2D eigenvalue weighted by atomic mass is 10.2. The summed E-state index contributed by atoms with van der Waals surface area (Å²) < 4.78 is 1.59. The van der Waals surface area contributed by atoms with Crippen LogP contribution in [0.4, 0.5) is 0 Å². The molecule has 0 saturated carbocycles. The third kappa shape index (κ3) is 1.68. The molecule has 0 fully saturated rings. The van der Waals surface area contributed by atoms with Gasteiger partial charge in [-0.2, -0.15) is 0 Å². The molecule has 0 radical (unpaired) electrons. The van der Waals surface area contributed by atoms with Crippen molar-refractivity contribution in [2.24, 2.45) is 0 Å². The van der Waals surface area contributed by atoms with Crippen molar-refractivity contribution >= 4 is 11.4 Å². The number of carbonyl (C=O) groups is 1. The van der Waals surface area contributed by atoms with Gasteiger partial charge in [0.15, 0.2) is 17.3 Å². The molecule has 4 heteroatoms. The summed E-state index contributed by atoms with van der Waals surface area (Å²) in [6, 6.07) is 15.1. The molecule has 0 aliphatic rings. The molecule has 0 amide bonds. The third-order valence-electron chi connectivity index (χ3n) is 2.75. The van der Waals surface area contributed by atoms with Gasteiger partial charge >= 0.3 is 0 Å². The smallest absolute Gasteiger partial charge is 0.182 e. The lowest BCUT2D eigenvalue weighted by Crippen LogP contribution is -2.03. The summed E-state index contributed by atoms with van der Waals surface area (Å²) in [4.78, 5) is 15.9. The average Bonchev–Trinajstić information content (AvgIpc) is 2.83. The number of rotatable bonds is 2. The molecular weight excluding hydrogens is 226 g/mol. The number of pyridine rings is 1. The van der Waals surface area contributed by atoms with Crippen LogP contribution in [0.25, 0.3) is 17.0 Å². The van der Waals surface area contributed by atoms with E-state index in [1.807, 2.05) is 42.5 Å². The molecule has 0 N–H and O–H groups in total. The minimum Gasteiger partial charge on any atom is -0.293 e. The largest absolute Gasteiger partial charge is 0.293 e. The molecule has 0 unspecified atom stereocenters. The summed E-state index contributed by atoms with van der Waals surface area (Å²) >= 11 is 0. The van der Waals surface area contributed by atoms with Gasteiger partial charge < -0.3 is 0 Å². The molecule has 0 saturated heterocycles. The fourth-order valence-corrected chi connectivity index (χ4v) is 1.88. The predicted molar refractivity (Wildman–Crippen MR) is 68.4 cm³/mol. The van der Waals surface area contributed by atoms with Gasteiger partial charge in [-0.25, -0.2) is 9.50 Å². The van der Waals surface area contributed by atoms with E-state index in [0.29, 0.717) is 17.2 Å². The van der Waals surface area contributed by atoms with Crippen LogP contribution in [0.3, 0.4) is 0 Å². The van der Waals surface area contributed by atoms with Crippen LogP contribution in [0.1, 0.15) is 17.4 Å². The highest BCUT2D eigenvalue weighted by molar-refractivity contribution is 5.92. The summed E-state index contributed by atoms with van der Waals surface area (Å²) in [5.41, 5.74) is 2.17. The maximum Gasteiger partial charge on any atom is 0.182 e. The molecule has 18 heavy (non-hydrogen) atoms. The summed E-state index contributed by atoms with van der Waals surface area (Å²) in [5, 5.41) is 4.39. The van der Waals surface area contributed by atoms with E-state index < -0.39 is 0 Å². The van der Waals surface area contributed by atoms with E-state index >= 15 is 0 Å². The lowest BCUT2D eigenvalue weighted by molar-refractivity contribution is 0.101. The topological polar surface area (TPSA) is 47.3 Å². The second-order valence-corrected chi connectivity index (χ2v) is 4.04. The number of aromatic nitrogens is 3. The fourth-order valence-electron chi connectivity index (χ4n) is 1.88. The molecule has 2 aromatic heterocycles. The Labute approximate surface area is 104 Å². The first kappa shape index (κ1) is 10.7. The zero-order valence-corrected chi connectivity index (χ0v) is 9.87. The number of nitrogens with zero attached hydrogens (tertiary/aromatic N) is 3. The SMILES string of the molecule is CC(=O)c1cccc2nc(-c3ccccc3)nn12. The van der Waals surface area contributed by atoms with Crippen LogP contribution >= 0.6 is 0 Å². The normalized spacial score (nSPS) is 10.7. The van der Waals surface area contributed by atoms with E-state index in [0.717, 1.165) is 5.56 Å². The molecule has 1 aromatic carbocycles. The summed E-state index contributed by atoms with van der Waals surface area (Å²) in [6.45, 7) is 1.53. The Bertz CT molecular complexity index is 716. The second kappa shape index (κ2) is 4.07. The van der Waals surface area contributed by atoms with Gasteiger partial charge in [-0.3, -0.25) is 4.79 Å². The van der Waals surface area contributed by atoms with Crippen LogP contribution < -0.4 is 0 Å². The number of fused-ring (bicyclic) bond motifs is 1. The third-order valence-corrected chi connectivity index (χ3v) is 2.75. The number of hydrogen-bond acceptors (Lipinski definition) is 3. The van der Waals surface area contributed by atoms with E-state index in [1.165, 1.54) is 6.92 Å². The first-order valence-electron chi connectivity index (χ1n) is 5.68. The van der Waals surface area contributed by atoms with Gasteiger partial charge in [0.05, 0.1) is 0 Å². The zero-order chi connectivity index (χ0) is 12.5. The molecule has 88 valence electrons. The predicted octanol–water partition coefficient (Wildman–Crippen LogP) is 2.60. The molecule has 0 bridgehead atoms. The molecule has 0 atom stereocenters. The van der Waals surface area contributed by atoms with Crippen molar-refractivity contribution in [2.45, 2.75) is 6.92 Å². The van der Waals surface area contributed by atoms with Crippen molar-refractivity contribution in [2.75, 3.05) is 0 Å². The summed E-state index contributed by atoms with van der Waals surface area (Å²) in [5.74, 6) is 0.606. The monoisotopic (exact) mass is 237 g/mol. The molecule has 4 nitrogen and oxygen atoms in total. The molecule has 3 rings (SSSR count). The standard InChI is InChI=1S/C14H11N3O/c1-10(18)12-8-5-9-13-15-14(16-17(12)13)11-6-3-2-4-7-11/h2-9H,1H3. The van der Waals surface area contributed by atoms with E-state index in [4.69, 9.17) is 0 Å². The van der Waals surface area contributed by atoms with Crippen molar-refractivity contribution in [3.63, 3.8) is 0 Å². The minimum atomic E-state index is -0.0230. The highest BCUT2D eigenvalue weighted by Crippen LogP contribution is 2.16. The Balaban J connectivity index is 2.23. The maximum atomic E-state index is 11.5. The quantitative estimate of drug-likeness (QED) is 0.643. The first-order chi connectivity index (χ1) is 8.75. The van der Waals surface area contributed by atoms with Gasteiger partial charge in [-0.15, -0.1) is 5.10 Å². The van der Waals surface area contributed by atoms with E-state index in [9.17, 15) is 4.79 Å². The summed E-state index contributed by atoms with van der Waals surface area (Å²) in [6.07, 6.45) is 0. The molecule has 2 heterocycles. The van der Waals surface area contributed by atoms with Crippen LogP contribution in [0.5, 0.6) is 0 Å². The van der Waals surface area contributed by atoms with Crippen molar-refractivity contribution in [1.29, 1.82) is 0 Å². The van der Waals surface area contributed by atoms with Crippen LogP contribution in [0.2, 0.25) is 0 Å². The summed E-state index contributed by atoms with van der Waals surface area (Å²) in [7, 11) is 0. The Hall–Kier alpha value is -2.49. The van der Waals surface area contributed by atoms with E-state index in [1.54, 1.807) is 10.6 Å². The van der Waals surface area contributed by atoms with Gasteiger partial charge in [0, 0.05) is 12.5 Å². The van der Waals surface area contributed by atoms with Gasteiger partial charge in [-0.1, -0.05) is 36.4 Å². The molecular formula is C14H11N3O. The van der Waals surface area contributed by atoms with Crippen LogP contribution in [-0.4, -0.2) is 20.4 Å². The van der Waals surface area contributed by atoms with Gasteiger partial charge in [0.1, 0.15) is 5.69 Å². The lowest BCUT2D eigenvalue weighted by Gasteiger charge is -1.97. The van der Waals surface area contributed by atoms with Crippen LogP contribution in [0.15, 0.2) is 48.5 Å². The fraction of sp³-hybridized carbons (Fsp3) is 0.0714. The van der Waals surface area contributed by atoms with Crippen molar-refractivity contribution in [1.82, 2.24) is 14.6 Å². The highest BCUT2D eigenvalue weighted by Gasteiger charge is 2.10. The number of Topliss-reactive ketones (excluding diaryl/α,β-unsaturated/α-hetero) is 1. The van der Waals surface area contributed by atoms with Gasteiger partial charge in [-0.05, 0) is 12.1 Å². The number of benzene rings is 1. The molecule has 0 aliphatic heterocycles. The van der Waals surface area contributed by atoms with Crippen LogP contribution in [0, 0.1) is 0 Å². The van der Waals surface area contributed by atoms with Crippen molar-refractivity contribution < 1.29 is 4.79 Å².